The maximum absolute atomic E-state index is 11.9. The number of nitrogens with two attached hydrogens (primary N) is 1. The molecule has 1 unspecified atom stereocenters. The van der Waals surface area contributed by atoms with Gasteiger partial charge in [0.2, 0.25) is 5.91 Å². The Bertz CT molecular complexity index is 679. The van der Waals surface area contributed by atoms with E-state index in [0.717, 1.165) is 29.4 Å². The predicted octanol–water partition coefficient (Wildman–Crippen LogP) is 2.66. The Labute approximate surface area is 133 Å². The van der Waals surface area contributed by atoms with Gasteiger partial charge < -0.3 is 10.3 Å². The van der Waals surface area contributed by atoms with E-state index in [1.54, 1.807) is 0 Å². The zero-order chi connectivity index (χ0) is 15.5. The Kier molecular flexibility index (Phi) is 4.29. The molecule has 114 valence electrons. The SMILES string of the molecule is C=CCn1c(SC(C(N)=O)c2ccccc2)nnc1C1CC1. The summed E-state index contributed by atoms with van der Waals surface area (Å²) in [6.45, 7) is 4.43. The summed E-state index contributed by atoms with van der Waals surface area (Å²) in [4.78, 5) is 11.9. The molecule has 0 radical (unpaired) electrons. The first-order valence-electron chi connectivity index (χ1n) is 7.25. The molecule has 1 atom stereocenters. The van der Waals surface area contributed by atoms with E-state index in [0.29, 0.717) is 12.5 Å². The molecule has 0 aliphatic heterocycles. The first-order valence-corrected chi connectivity index (χ1v) is 8.13. The standard InChI is InChI=1S/C16H18N4OS/c1-2-10-20-15(12-8-9-12)18-19-16(20)22-13(14(17)21)11-6-4-3-5-7-11/h2-7,12-13H,1,8-10H2,(H2,17,21). The number of thioether (sulfide) groups is 1. The van der Waals surface area contributed by atoms with Crippen molar-refractivity contribution in [3.05, 3.63) is 54.4 Å². The third-order valence-corrected chi connectivity index (χ3v) is 4.84. The van der Waals surface area contributed by atoms with Crippen LogP contribution in [0.2, 0.25) is 0 Å². The maximum Gasteiger partial charge on any atom is 0.235 e. The largest absolute Gasteiger partial charge is 0.368 e. The van der Waals surface area contributed by atoms with Gasteiger partial charge in [0.05, 0.1) is 0 Å². The van der Waals surface area contributed by atoms with Crippen molar-refractivity contribution in [3.63, 3.8) is 0 Å². The molecule has 0 saturated heterocycles. The number of nitrogens with zero attached hydrogens (tertiary/aromatic N) is 3. The van der Waals surface area contributed by atoms with E-state index in [2.05, 4.69) is 16.8 Å². The highest BCUT2D eigenvalue weighted by Gasteiger charge is 2.31. The number of carbonyl (C=O) groups is 1. The van der Waals surface area contributed by atoms with E-state index >= 15 is 0 Å². The lowest BCUT2D eigenvalue weighted by Crippen LogP contribution is -2.19. The minimum absolute atomic E-state index is 0.377. The van der Waals surface area contributed by atoms with Crippen LogP contribution in [0.15, 0.2) is 48.1 Å². The highest BCUT2D eigenvalue weighted by atomic mass is 32.2. The summed E-state index contributed by atoms with van der Waals surface area (Å²) in [5.74, 6) is 1.10. The second-order valence-corrected chi connectivity index (χ2v) is 6.40. The molecule has 1 saturated carbocycles. The van der Waals surface area contributed by atoms with E-state index in [9.17, 15) is 4.79 Å². The molecular weight excluding hydrogens is 296 g/mol. The lowest BCUT2D eigenvalue weighted by Gasteiger charge is -2.14. The molecule has 1 heterocycles. The molecule has 1 aromatic carbocycles. The first kappa shape index (κ1) is 14.8. The second kappa shape index (κ2) is 6.36. The van der Waals surface area contributed by atoms with Crippen molar-refractivity contribution in [3.8, 4) is 0 Å². The van der Waals surface area contributed by atoms with Crippen LogP contribution in [0.3, 0.4) is 0 Å². The summed E-state index contributed by atoms with van der Waals surface area (Å²) >= 11 is 1.35. The molecule has 1 aliphatic carbocycles. The molecule has 1 fully saturated rings. The summed E-state index contributed by atoms with van der Waals surface area (Å²) < 4.78 is 2.04. The minimum atomic E-state index is -0.471. The van der Waals surface area contributed by atoms with E-state index in [1.165, 1.54) is 11.8 Å². The molecule has 1 amide bonds. The van der Waals surface area contributed by atoms with Crippen LogP contribution in [-0.4, -0.2) is 20.7 Å². The van der Waals surface area contributed by atoms with Gasteiger partial charge >= 0.3 is 0 Å². The van der Waals surface area contributed by atoms with E-state index in [4.69, 9.17) is 5.73 Å². The van der Waals surface area contributed by atoms with Gasteiger partial charge in [0.25, 0.3) is 0 Å². The van der Waals surface area contributed by atoms with Crippen LogP contribution in [0.4, 0.5) is 0 Å². The van der Waals surface area contributed by atoms with Crippen LogP contribution < -0.4 is 5.73 Å². The fraction of sp³-hybridized carbons (Fsp3) is 0.312. The van der Waals surface area contributed by atoms with Gasteiger partial charge in [-0.3, -0.25) is 4.79 Å². The molecule has 6 heteroatoms. The van der Waals surface area contributed by atoms with E-state index in [1.807, 2.05) is 41.0 Å². The number of benzene rings is 1. The molecule has 1 aliphatic rings. The van der Waals surface area contributed by atoms with Crippen molar-refractivity contribution in [2.45, 2.75) is 35.7 Å². The van der Waals surface area contributed by atoms with Gasteiger partial charge in [-0.25, -0.2) is 0 Å². The first-order chi connectivity index (χ1) is 10.7. The van der Waals surface area contributed by atoms with Crippen molar-refractivity contribution < 1.29 is 4.79 Å². The Hall–Kier alpha value is -2.08. The Morgan fingerprint density at radius 1 is 1.41 bits per heavy atom. The zero-order valence-electron chi connectivity index (χ0n) is 12.2. The molecule has 2 aromatic rings. The topological polar surface area (TPSA) is 73.8 Å². The number of aromatic nitrogens is 3. The van der Waals surface area contributed by atoms with Gasteiger partial charge in [0, 0.05) is 12.5 Å². The van der Waals surface area contributed by atoms with Crippen LogP contribution in [0.5, 0.6) is 0 Å². The lowest BCUT2D eigenvalue weighted by molar-refractivity contribution is -0.117. The molecule has 3 rings (SSSR count). The number of primary amides is 1. The highest BCUT2D eigenvalue weighted by molar-refractivity contribution is 8.00. The third kappa shape index (κ3) is 3.06. The Balaban J connectivity index is 1.90. The molecule has 2 N–H and O–H groups in total. The summed E-state index contributed by atoms with van der Waals surface area (Å²) in [5.41, 5.74) is 6.46. The Morgan fingerprint density at radius 2 is 2.14 bits per heavy atom. The molecule has 0 spiro atoms. The normalized spacial score (nSPS) is 15.5. The number of allylic oxidation sites excluding steroid dienone is 1. The van der Waals surface area contributed by atoms with Crippen LogP contribution >= 0.6 is 11.8 Å². The van der Waals surface area contributed by atoms with Crippen LogP contribution in [0.25, 0.3) is 0 Å². The summed E-state index contributed by atoms with van der Waals surface area (Å²) in [6.07, 6.45) is 4.12. The van der Waals surface area contributed by atoms with E-state index in [-0.39, 0.29) is 5.91 Å². The summed E-state index contributed by atoms with van der Waals surface area (Å²) in [5, 5.41) is 8.80. The molecule has 0 bridgehead atoms. The molecule has 22 heavy (non-hydrogen) atoms. The lowest BCUT2D eigenvalue weighted by atomic mass is 10.1. The van der Waals surface area contributed by atoms with Gasteiger partial charge in [-0.1, -0.05) is 48.2 Å². The van der Waals surface area contributed by atoms with Crippen LogP contribution in [0, 0.1) is 0 Å². The predicted molar refractivity (Wildman–Crippen MR) is 86.4 cm³/mol. The van der Waals surface area contributed by atoms with Crippen molar-refractivity contribution in [2.24, 2.45) is 5.73 Å². The van der Waals surface area contributed by atoms with Gasteiger partial charge in [0.1, 0.15) is 11.1 Å². The fourth-order valence-electron chi connectivity index (χ4n) is 2.36. The number of hydrogen-bond donors (Lipinski definition) is 1. The molecule has 1 aromatic heterocycles. The fourth-order valence-corrected chi connectivity index (χ4v) is 3.36. The average molecular weight is 314 g/mol. The summed E-state index contributed by atoms with van der Waals surface area (Å²) in [6, 6.07) is 9.51. The molecular formula is C16H18N4OS. The highest BCUT2D eigenvalue weighted by Crippen LogP contribution is 2.41. The minimum Gasteiger partial charge on any atom is -0.368 e. The van der Waals surface area contributed by atoms with Crippen molar-refractivity contribution >= 4 is 17.7 Å². The quantitative estimate of drug-likeness (QED) is 0.630. The van der Waals surface area contributed by atoms with Gasteiger partial charge in [0.15, 0.2) is 5.16 Å². The van der Waals surface area contributed by atoms with E-state index < -0.39 is 5.25 Å². The summed E-state index contributed by atoms with van der Waals surface area (Å²) in [7, 11) is 0. The maximum atomic E-state index is 11.9. The third-order valence-electron chi connectivity index (χ3n) is 3.58. The number of hydrogen-bond acceptors (Lipinski definition) is 4. The number of carbonyl (C=O) groups excluding carboxylic acids is 1. The second-order valence-electron chi connectivity index (χ2n) is 5.33. The molecule has 5 nitrogen and oxygen atoms in total. The number of rotatable bonds is 7. The van der Waals surface area contributed by atoms with Gasteiger partial charge in [-0.05, 0) is 18.4 Å². The smallest absolute Gasteiger partial charge is 0.235 e. The van der Waals surface area contributed by atoms with Crippen LogP contribution in [0.1, 0.15) is 35.4 Å². The zero-order valence-corrected chi connectivity index (χ0v) is 13.0. The number of amides is 1. The monoisotopic (exact) mass is 314 g/mol. The Morgan fingerprint density at radius 3 is 2.73 bits per heavy atom. The van der Waals surface area contributed by atoms with Gasteiger partial charge in [-0.15, -0.1) is 16.8 Å². The van der Waals surface area contributed by atoms with Crippen molar-refractivity contribution in [1.29, 1.82) is 0 Å². The van der Waals surface area contributed by atoms with Crippen molar-refractivity contribution in [1.82, 2.24) is 14.8 Å². The average Bonchev–Trinajstić information content (AvgIpc) is 3.29. The van der Waals surface area contributed by atoms with Crippen LogP contribution in [-0.2, 0) is 11.3 Å². The van der Waals surface area contributed by atoms with Crippen molar-refractivity contribution in [2.75, 3.05) is 0 Å². The van der Waals surface area contributed by atoms with Gasteiger partial charge in [-0.2, -0.15) is 0 Å².